The molecule has 0 saturated carbocycles. The fraction of sp³-hybridized carbons (Fsp3) is 0.529. The lowest BCUT2D eigenvalue weighted by Gasteiger charge is -2.35. The molecule has 1 aliphatic heterocycles. The van der Waals surface area contributed by atoms with E-state index in [-0.39, 0.29) is 5.56 Å². The van der Waals surface area contributed by atoms with Crippen molar-refractivity contribution < 1.29 is 0 Å². The number of hydrogen-bond donors (Lipinski definition) is 1. The first-order valence-electron chi connectivity index (χ1n) is 8.51. The SMILES string of the molecule is Cc1cnc(NCC2CCCCN2CCn2ncccc2=O)cn1. The molecule has 0 amide bonds. The third-order valence-electron chi connectivity index (χ3n) is 4.43. The predicted octanol–water partition coefficient (Wildman–Crippen LogP) is 1.31. The van der Waals surface area contributed by atoms with E-state index in [1.807, 2.05) is 6.92 Å². The predicted molar refractivity (Wildman–Crippen MR) is 93.0 cm³/mol. The van der Waals surface area contributed by atoms with E-state index in [2.05, 4.69) is 25.3 Å². The zero-order chi connectivity index (χ0) is 16.8. The number of anilines is 1. The molecule has 2 aromatic heterocycles. The Morgan fingerprint density at radius 3 is 2.96 bits per heavy atom. The zero-order valence-corrected chi connectivity index (χ0v) is 14.1. The van der Waals surface area contributed by atoms with Gasteiger partial charge in [0, 0.05) is 31.4 Å². The van der Waals surface area contributed by atoms with Crippen molar-refractivity contribution in [1.29, 1.82) is 0 Å². The summed E-state index contributed by atoms with van der Waals surface area (Å²) in [7, 11) is 0. The minimum absolute atomic E-state index is 0.0425. The zero-order valence-electron chi connectivity index (χ0n) is 14.1. The molecular formula is C17H24N6O. The summed E-state index contributed by atoms with van der Waals surface area (Å²) >= 11 is 0. The van der Waals surface area contributed by atoms with Gasteiger partial charge in [-0.25, -0.2) is 9.67 Å². The molecule has 3 rings (SSSR count). The van der Waals surface area contributed by atoms with Crippen molar-refractivity contribution in [2.24, 2.45) is 0 Å². The molecule has 1 atom stereocenters. The molecule has 24 heavy (non-hydrogen) atoms. The van der Waals surface area contributed by atoms with Gasteiger partial charge in [0.15, 0.2) is 0 Å². The van der Waals surface area contributed by atoms with Crippen LogP contribution in [-0.2, 0) is 6.54 Å². The lowest BCUT2D eigenvalue weighted by Crippen LogP contribution is -2.45. The average Bonchev–Trinajstić information content (AvgIpc) is 2.61. The van der Waals surface area contributed by atoms with Crippen LogP contribution in [-0.4, -0.2) is 50.3 Å². The standard InChI is InChI=1S/C17H24N6O/c1-14-11-19-16(13-18-14)20-12-15-5-2-3-8-22(15)9-10-23-17(24)6-4-7-21-23/h4,6-7,11,13,15H,2-3,5,8-10,12H2,1H3,(H,19,20). The number of aryl methyl sites for hydroxylation is 1. The number of nitrogens with one attached hydrogen (secondary N) is 1. The molecule has 1 N–H and O–H groups in total. The fourth-order valence-electron chi connectivity index (χ4n) is 3.07. The summed E-state index contributed by atoms with van der Waals surface area (Å²) in [6.45, 7) is 5.30. The van der Waals surface area contributed by atoms with Gasteiger partial charge in [0.05, 0.1) is 24.6 Å². The molecule has 0 spiro atoms. The summed E-state index contributed by atoms with van der Waals surface area (Å²) in [5.41, 5.74) is 0.875. The van der Waals surface area contributed by atoms with Gasteiger partial charge in [0.1, 0.15) is 5.82 Å². The second kappa shape index (κ2) is 8.01. The molecule has 128 valence electrons. The van der Waals surface area contributed by atoms with Gasteiger partial charge < -0.3 is 5.32 Å². The van der Waals surface area contributed by atoms with Gasteiger partial charge in [-0.15, -0.1) is 0 Å². The number of aromatic nitrogens is 4. The van der Waals surface area contributed by atoms with Gasteiger partial charge in [-0.2, -0.15) is 5.10 Å². The molecule has 0 aromatic carbocycles. The quantitative estimate of drug-likeness (QED) is 0.862. The Morgan fingerprint density at radius 2 is 2.17 bits per heavy atom. The molecule has 1 aliphatic rings. The molecule has 1 unspecified atom stereocenters. The molecular weight excluding hydrogens is 304 g/mol. The fourth-order valence-corrected chi connectivity index (χ4v) is 3.07. The van der Waals surface area contributed by atoms with E-state index in [0.717, 1.165) is 37.6 Å². The normalized spacial score (nSPS) is 18.5. The maximum atomic E-state index is 11.8. The van der Waals surface area contributed by atoms with E-state index in [4.69, 9.17) is 0 Å². The minimum atomic E-state index is -0.0425. The third-order valence-corrected chi connectivity index (χ3v) is 4.43. The summed E-state index contributed by atoms with van der Waals surface area (Å²) in [4.78, 5) is 22.8. The van der Waals surface area contributed by atoms with Crippen molar-refractivity contribution in [1.82, 2.24) is 24.6 Å². The number of nitrogens with zero attached hydrogens (tertiary/aromatic N) is 5. The topological polar surface area (TPSA) is 75.9 Å². The van der Waals surface area contributed by atoms with Crippen molar-refractivity contribution in [3.05, 3.63) is 46.8 Å². The van der Waals surface area contributed by atoms with E-state index in [1.54, 1.807) is 30.7 Å². The molecule has 3 heterocycles. The molecule has 7 nitrogen and oxygen atoms in total. The Morgan fingerprint density at radius 1 is 1.25 bits per heavy atom. The van der Waals surface area contributed by atoms with Crippen molar-refractivity contribution in [2.75, 3.05) is 25.0 Å². The maximum Gasteiger partial charge on any atom is 0.266 e. The monoisotopic (exact) mass is 328 g/mol. The van der Waals surface area contributed by atoms with E-state index in [0.29, 0.717) is 12.6 Å². The summed E-state index contributed by atoms with van der Waals surface area (Å²) in [6.07, 6.45) is 8.81. The molecule has 0 radical (unpaired) electrons. The molecule has 7 heteroatoms. The van der Waals surface area contributed by atoms with E-state index < -0.39 is 0 Å². The van der Waals surface area contributed by atoms with Gasteiger partial charge in [0.25, 0.3) is 5.56 Å². The molecule has 1 saturated heterocycles. The van der Waals surface area contributed by atoms with Gasteiger partial charge in [-0.05, 0) is 32.4 Å². The van der Waals surface area contributed by atoms with Crippen LogP contribution in [0.3, 0.4) is 0 Å². The third kappa shape index (κ3) is 4.38. The molecule has 0 aliphatic carbocycles. The lowest BCUT2D eigenvalue weighted by atomic mass is 10.0. The van der Waals surface area contributed by atoms with Gasteiger partial charge in [-0.3, -0.25) is 14.7 Å². The molecule has 2 aromatic rings. The Balaban J connectivity index is 1.56. The van der Waals surface area contributed by atoms with Crippen LogP contribution in [0.15, 0.2) is 35.5 Å². The Bertz CT molecular complexity index is 699. The van der Waals surface area contributed by atoms with Gasteiger partial charge in [-0.1, -0.05) is 6.42 Å². The van der Waals surface area contributed by atoms with Crippen LogP contribution < -0.4 is 10.9 Å². The van der Waals surface area contributed by atoms with E-state index in [9.17, 15) is 4.79 Å². The summed E-state index contributed by atoms with van der Waals surface area (Å²) in [6, 6.07) is 3.68. The highest BCUT2D eigenvalue weighted by Crippen LogP contribution is 2.17. The number of piperidine rings is 1. The summed E-state index contributed by atoms with van der Waals surface area (Å²) < 4.78 is 1.53. The number of hydrogen-bond acceptors (Lipinski definition) is 6. The lowest BCUT2D eigenvalue weighted by molar-refractivity contribution is 0.148. The van der Waals surface area contributed by atoms with Crippen LogP contribution in [0.1, 0.15) is 25.0 Å². The highest BCUT2D eigenvalue weighted by Gasteiger charge is 2.22. The highest BCUT2D eigenvalue weighted by molar-refractivity contribution is 5.31. The summed E-state index contributed by atoms with van der Waals surface area (Å²) in [5.74, 6) is 0.812. The van der Waals surface area contributed by atoms with Crippen LogP contribution in [0.25, 0.3) is 0 Å². The molecule has 0 bridgehead atoms. The second-order valence-corrected chi connectivity index (χ2v) is 6.19. The number of rotatable bonds is 6. The van der Waals surface area contributed by atoms with Crippen LogP contribution in [0.4, 0.5) is 5.82 Å². The van der Waals surface area contributed by atoms with Crippen LogP contribution >= 0.6 is 0 Å². The van der Waals surface area contributed by atoms with Crippen molar-refractivity contribution in [2.45, 2.75) is 38.8 Å². The van der Waals surface area contributed by atoms with Crippen molar-refractivity contribution in [3.8, 4) is 0 Å². The van der Waals surface area contributed by atoms with Gasteiger partial charge >= 0.3 is 0 Å². The first-order valence-corrected chi connectivity index (χ1v) is 8.51. The largest absolute Gasteiger partial charge is 0.367 e. The van der Waals surface area contributed by atoms with Crippen molar-refractivity contribution in [3.63, 3.8) is 0 Å². The van der Waals surface area contributed by atoms with Crippen molar-refractivity contribution >= 4 is 5.82 Å². The second-order valence-electron chi connectivity index (χ2n) is 6.19. The van der Waals surface area contributed by atoms with Crippen LogP contribution in [0.2, 0.25) is 0 Å². The maximum absolute atomic E-state index is 11.8. The smallest absolute Gasteiger partial charge is 0.266 e. The Hall–Kier alpha value is -2.28. The van der Waals surface area contributed by atoms with Gasteiger partial charge in [0.2, 0.25) is 0 Å². The van der Waals surface area contributed by atoms with Crippen LogP contribution in [0, 0.1) is 6.92 Å². The average molecular weight is 328 g/mol. The first kappa shape index (κ1) is 16.6. The highest BCUT2D eigenvalue weighted by atomic mass is 16.1. The Kier molecular flexibility index (Phi) is 5.53. The first-order chi connectivity index (χ1) is 11.7. The van der Waals surface area contributed by atoms with E-state index in [1.165, 1.54) is 17.5 Å². The Labute approximate surface area is 141 Å². The van der Waals surface area contributed by atoms with Crippen LogP contribution in [0.5, 0.6) is 0 Å². The van der Waals surface area contributed by atoms with E-state index >= 15 is 0 Å². The summed E-state index contributed by atoms with van der Waals surface area (Å²) in [5, 5.41) is 7.51. The number of likely N-dealkylation sites (tertiary alicyclic amines) is 1. The minimum Gasteiger partial charge on any atom is -0.367 e. The molecule has 1 fully saturated rings.